The second-order valence-corrected chi connectivity index (χ2v) is 8.02. The Bertz CT molecular complexity index is 959. The molecule has 2 aromatic rings. The molecule has 1 fully saturated rings. The van der Waals surface area contributed by atoms with Crippen molar-refractivity contribution < 1.29 is 23.6 Å². The zero-order chi connectivity index (χ0) is 19.9. The highest BCUT2D eigenvalue weighted by Crippen LogP contribution is 2.56. The van der Waals surface area contributed by atoms with Crippen LogP contribution in [-0.2, 0) is 19.1 Å². The lowest BCUT2D eigenvalue weighted by Crippen LogP contribution is -2.49. The highest BCUT2D eigenvalue weighted by Gasteiger charge is 2.59. The van der Waals surface area contributed by atoms with Crippen molar-refractivity contribution in [1.29, 1.82) is 0 Å². The number of carbonyl (C=O) groups excluding carboxylic acids is 3. The quantitative estimate of drug-likeness (QED) is 0.769. The van der Waals surface area contributed by atoms with Crippen LogP contribution in [0.3, 0.4) is 0 Å². The van der Waals surface area contributed by atoms with Gasteiger partial charge in [0.1, 0.15) is 5.76 Å². The lowest BCUT2D eigenvalue weighted by atomic mass is 10.2. The first kappa shape index (κ1) is 18.5. The summed E-state index contributed by atoms with van der Waals surface area (Å²) in [5.74, 6) is -0.380. The minimum Gasteiger partial charge on any atom is -0.450 e. The number of rotatable bonds is 5. The molecule has 9 heteroatoms. The van der Waals surface area contributed by atoms with Crippen molar-refractivity contribution in [3.05, 3.63) is 36.1 Å². The number of nitrogens with zero attached hydrogens (tertiary/aromatic N) is 2. The van der Waals surface area contributed by atoms with E-state index in [2.05, 4.69) is 10.5 Å². The molecule has 3 heterocycles. The first-order valence-corrected chi connectivity index (χ1v) is 9.82. The number of anilines is 2. The number of amides is 2. The molecule has 1 N–H and O–H groups in total. The van der Waals surface area contributed by atoms with Crippen molar-refractivity contribution in [2.45, 2.75) is 49.0 Å². The molecule has 1 aromatic carbocycles. The van der Waals surface area contributed by atoms with Crippen molar-refractivity contribution in [2.75, 3.05) is 10.2 Å². The van der Waals surface area contributed by atoms with E-state index in [9.17, 15) is 14.4 Å². The molecule has 28 heavy (non-hydrogen) atoms. The minimum absolute atomic E-state index is 0.120. The van der Waals surface area contributed by atoms with Crippen molar-refractivity contribution in [3.63, 3.8) is 0 Å². The molecule has 2 atom stereocenters. The zero-order valence-electron chi connectivity index (χ0n) is 15.4. The second kappa shape index (κ2) is 6.97. The SMILES string of the molecule is CC[C@@H](OC(=O)[C@]12CCC(=O)N1c1ccccc1S2)C(=O)Nc1cc(C)on1. The molecule has 0 radical (unpaired) electrons. The van der Waals surface area contributed by atoms with Crippen LogP contribution in [0.15, 0.2) is 39.8 Å². The van der Waals surface area contributed by atoms with E-state index in [-0.39, 0.29) is 24.6 Å². The Hall–Kier alpha value is -2.81. The van der Waals surface area contributed by atoms with Crippen LogP contribution in [0.25, 0.3) is 0 Å². The lowest BCUT2D eigenvalue weighted by Gasteiger charge is -2.30. The molecule has 1 saturated heterocycles. The van der Waals surface area contributed by atoms with Gasteiger partial charge in [-0.15, -0.1) is 0 Å². The van der Waals surface area contributed by atoms with Crippen molar-refractivity contribution >= 4 is 41.1 Å². The fraction of sp³-hybridized carbons (Fsp3) is 0.368. The third-order valence-corrected chi connectivity index (χ3v) is 6.24. The molecule has 2 aliphatic rings. The van der Waals surface area contributed by atoms with Crippen LogP contribution < -0.4 is 10.2 Å². The summed E-state index contributed by atoms with van der Waals surface area (Å²) in [7, 11) is 0. The molecule has 0 bridgehead atoms. The Morgan fingerprint density at radius 3 is 2.93 bits per heavy atom. The number of esters is 1. The fourth-order valence-electron chi connectivity index (χ4n) is 3.45. The Morgan fingerprint density at radius 1 is 1.43 bits per heavy atom. The van der Waals surface area contributed by atoms with Gasteiger partial charge in [0.25, 0.3) is 5.91 Å². The maximum absolute atomic E-state index is 13.1. The van der Waals surface area contributed by atoms with Gasteiger partial charge in [-0.1, -0.05) is 36.0 Å². The maximum Gasteiger partial charge on any atom is 0.344 e. The van der Waals surface area contributed by atoms with Gasteiger partial charge in [0, 0.05) is 23.8 Å². The van der Waals surface area contributed by atoms with Gasteiger partial charge in [-0.2, -0.15) is 0 Å². The number of aryl methyl sites for hydroxylation is 1. The van der Waals surface area contributed by atoms with E-state index in [1.54, 1.807) is 19.9 Å². The zero-order valence-corrected chi connectivity index (χ0v) is 16.2. The van der Waals surface area contributed by atoms with Crippen LogP contribution in [0.1, 0.15) is 31.9 Å². The van der Waals surface area contributed by atoms with Gasteiger partial charge in [0.2, 0.25) is 5.91 Å². The highest BCUT2D eigenvalue weighted by molar-refractivity contribution is 8.02. The summed E-state index contributed by atoms with van der Waals surface area (Å²) in [6.45, 7) is 3.46. The number of thioether (sulfide) groups is 1. The maximum atomic E-state index is 13.1. The molecule has 0 spiro atoms. The lowest BCUT2D eigenvalue weighted by molar-refractivity contribution is -0.156. The molecule has 8 nitrogen and oxygen atoms in total. The van der Waals surface area contributed by atoms with Gasteiger partial charge in [0.05, 0.1) is 5.69 Å². The third kappa shape index (κ3) is 2.95. The van der Waals surface area contributed by atoms with Gasteiger partial charge >= 0.3 is 5.97 Å². The number of benzene rings is 1. The summed E-state index contributed by atoms with van der Waals surface area (Å²) in [4.78, 5) is 39.3. The summed E-state index contributed by atoms with van der Waals surface area (Å²) >= 11 is 1.31. The number of fused-ring (bicyclic) bond motifs is 3. The largest absolute Gasteiger partial charge is 0.450 e. The minimum atomic E-state index is -1.15. The first-order valence-electron chi connectivity index (χ1n) is 9.01. The van der Waals surface area contributed by atoms with E-state index in [1.807, 2.05) is 24.3 Å². The monoisotopic (exact) mass is 401 g/mol. The van der Waals surface area contributed by atoms with Crippen molar-refractivity contribution in [1.82, 2.24) is 5.16 Å². The first-order chi connectivity index (χ1) is 13.4. The molecule has 1 aromatic heterocycles. The van der Waals surface area contributed by atoms with E-state index >= 15 is 0 Å². The number of hydrogen-bond donors (Lipinski definition) is 1. The molecule has 0 aliphatic carbocycles. The van der Waals surface area contributed by atoms with Crippen LogP contribution in [-0.4, -0.2) is 33.9 Å². The van der Waals surface area contributed by atoms with Gasteiger partial charge < -0.3 is 14.6 Å². The van der Waals surface area contributed by atoms with Gasteiger partial charge in [0.15, 0.2) is 16.8 Å². The summed E-state index contributed by atoms with van der Waals surface area (Å²) in [5, 5.41) is 6.30. The predicted molar refractivity (Wildman–Crippen MR) is 102 cm³/mol. The normalized spacial score (nSPS) is 21.2. The van der Waals surface area contributed by atoms with E-state index < -0.39 is 22.9 Å². The van der Waals surface area contributed by atoms with Crippen LogP contribution in [0.4, 0.5) is 11.5 Å². The molecule has 2 amide bonds. The van der Waals surface area contributed by atoms with Crippen LogP contribution >= 0.6 is 11.8 Å². The topological polar surface area (TPSA) is 102 Å². The van der Waals surface area contributed by atoms with Crippen LogP contribution in [0.5, 0.6) is 0 Å². The molecule has 146 valence electrons. The van der Waals surface area contributed by atoms with Crippen molar-refractivity contribution in [3.8, 4) is 0 Å². The van der Waals surface area contributed by atoms with Crippen LogP contribution in [0, 0.1) is 6.92 Å². The Morgan fingerprint density at radius 2 is 2.21 bits per heavy atom. The number of aromatic nitrogens is 1. The molecule has 4 rings (SSSR count). The number of nitrogens with one attached hydrogen (secondary N) is 1. The summed E-state index contributed by atoms with van der Waals surface area (Å²) in [6.07, 6.45) is -0.112. The predicted octanol–water partition coefficient (Wildman–Crippen LogP) is 2.87. The van der Waals surface area contributed by atoms with E-state index in [4.69, 9.17) is 9.26 Å². The molecular formula is C19H19N3O5S. The summed E-state index contributed by atoms with van der Waals surface area (Å²) < 4.78 is 10.5. The number of carbonyl (C=O) groups is 3. The number of para-hydroxylation sites is 1. The Balaban J connectivity index is 1.53. The van der Waals surface area contributed by atoms with Crippen LogP contribution in [0.2, 0.25) is 0 Å². The number of hydrogen-bond acceptors (Lipinski definition) is 7. The molecular weight excluding hydrogens is 382 g/mol. The van der Waals surface area contributed by atoms with Gasteiger partial charge in [-0.05, 0) is 25.5 Å². The molecule has 0 saturated carbocycles. The second-order valence-electron chi connectivity index (χ2n) is 6.70. The van der Waals surface area contributed by atoms with E-state index in [1.165, 1.54) is 16.7 Å². The third-order valence-electron chi connectivity index (χ3n) is 4.78. The highest BCUT2D eigenvalue weighted by atomic mass is 32.2. The fourth-order valence-corrected chi connectivity index (χ4v) is 4.85. The standard InChI is InChI=1S/C19H19N3O5S/c1-3-13(17(24)20-15-10-11(2)27-21-15)26-18(25)19-9-8-16(23)22(19)12-6-4-5-7-14(12)28-19/h4-7,10,13H,3,8-9H2,1-2H3,(H,20,21,24)/t13-,19-/m1/s1. The average molecular weight is 401 g/mol. The summed E-state index contributed by atoms with van der Waals surface area (Å²) in [6, 6.07) is 8.95. The van der Waals surface area contributed by atoms with Gasteiger partial charge in [-0.25, -0.2) is 4.79 Å². The van der Waals surface area contributed by atoms with E-state index in [0.717, 1.165) is 4.90 Å². The summed E-state index contributed by atoms with van der Waals surface area (Å²) in [5.41, 5.74) is 0.711. The Labute approximate surface area is 165 Å². The molecule has 2 aliphatic heterocycles. The van der Waals surface area contributed by atoms with Crippen molar-refractivity contribution in [2.24, 2.45) is 0 Å². The smallest absolute Gasteiger partial charge is 0.344 e. The Kier molecular flexibility index (Phi) is 4.62. The van der Waals surface area contributed by atoms with E-state index in [0.29, 0.717) is 17.9 Å². The molecule has 0 unspecified atom stereocenters. The number of ether oxygens (including phenoxy) is 1. The average Bonchev–Trinajstić information content (AvgIpc) is 3.33. The van der Waals surface area contributed by atoms with Gasteiger partial charge in [-0.3, -0.25) is 14.5 Å².